The van der Waals surface area contributed by atoms with Crippen LogP contribution >= 0.6 is 23.2 Å². The van der Waals surface area contributed by atoms with Gasteiger partial charge in [0.25, 0.3) is 0 Å². The highest BCUT2D eigenvalue weighted by molar-refractivity contribution is 6.33. The van der Waals surface area contributed by atoms with Crippen molar-refractivity contribution in [2.24, 2.45) is 5.73 Å². The fourth-order valence-corrected chi connectivity index (χ4v) is 1.50. The maximum Gasteiger partial charge on any atom is 0.404 e. The van der Waals surface area contributed by atoms with Gasteiger partial charge >= 0.3 is 6.09 Å². The van der Waals surface area contributed by atoms with Gasteiger partial charge in [-0.05, 0) is 23.8 Å². The number of hydrogen-bond acceptors (Lipinski definition) is 3. The Morgan fingerprint density at radius 2 is 2.19 bits per heavy atom. The molecule has 3 N–H and O–H groups in total. The van der Waals surface area contributed by atoms with Crippen LogP contribution < -0.4 is 11.1 Å². The smallest absolute Gasteiger partial charge is 0.404 e. The zero-order valence-corrected chi connectivity index (χ0v) is 10.0. The van der Waals surface area contributed by atoms with Gasteiger partial charge in [0.15, 0.2) is 0 Å². The Labute approximate surface area is 104 Å². The molecule has 1 rings (SSSR count). The number of halogens is 2. The lowest BCUT2D eigenvalue weighted by atomic mass is 10.2. The summed E-state index contributed by atoms with van der Waals surface area (Å²) in [4.78, 5) is 10.3. The van der Waals surface area contributed by atoms with Crippen molar-refractivity contribution in [2.45, 2.75) is 6.54 Å². The fourth-order valence-electron chi connectivity index (χ4n) is 1.13. The third kappa shape index (κ3) is 4.70. The summed E-state index contributed by atoms with van der Waals surface area (Å²) in [6, 6.07) is 5.25. The summed E-state index contributed by atoms with van der Waals surface area (Å²) in [5, 5.41) is 4.33. The van der Waals surface area contributed by atoms with Gasteiger partial charge in [-0.15, -0.1) is 0 Å². The lowest BCUT2D eigenvalue weighted by Crippen LogP contribution is -2.23. The van der Waals surface area contributed by atoms with Crippen LogP contribution in [0.1, 0.15) is 5.56 Å². The van der Waals surface area contributed by atoms with Crippen molar-refractivity contribution in [2.75, 3.05) is 13.2 Å². The molecule has 4 nitrogen and oxygen atoms in total. The van der Waals surface area contributed by atoms with Crippen LogP contribution in [0, 0.1) is 0 Å². The molecule has 0 aliphatic carbocycles. The predicted octanol–water partition coefficient (Wildman–Crippen LogP) is 2.18. The SMILES string of the molecule is NC(=O)OCCNCc1cc(Cl)ccc1Cl. The van der Waals surface area contributed by atoms with E-state index in [1.54, 1.807) is 18.2 Å². The summed E-state index contributed by atoms with van der Waals surface area (Å²) >= 11 is 11.8. The maximum atomic E-state index is 10.3. The molecule has 0 heterocycles. The molecule has 1 amide bonds. The van der Waals surface area contributed by atoms with Gasteiger partial charge in [-0.3, -0.25) is 0 Å². The Hall–Kier alpha value is -0.970. The molecule has 6 heteroatoms. The first-order valence-corrected chi connectivity index (χ1v) is 5.42. The van der Waals surface area contributed by atoms with Gasteiger partial charge in [0.05, 0.1) is 0 Å². The number of hydrogen-bond donors (Lipinski definition) is 2. The maximum absolute atomic E-state index is 10.3. The lowest BCUT2D eigenvalue weighted by molar-refractivity contribution is 0.157. The Balaban J connectivity index is 2.31. The summed E-state index contributed by atoms with van der Waals surface area (Å²) in [6.07, 6.45) is -0.775. The van der Waals surface area contributed by atoms with E-state index in [-0.39, 0.29) is 6.61 Å². The third-order valence-electron chi connectivity index (χ3n) is 1.85. The second kappa shape index (κ2) is 6.58. The van der Waals surface area contributed by atoms with Crippen molar-refractivity contribution < 1.29 is 9.53 Å². The minimum atomic E-state index is -0.775. The summed E-state index contributed by atoms with van der Waals surface area (Å²) in [5.74, 6) is 0. The van der Waals surface area contributed by atoms with E-state index in [0.29, 0.717) is 23.1 Å². The summed E-state index contributed by atoms with van der Waals surface area (Å²) in [5.41, 5.74) is 5.70. The zero-order valence-electron chi connectivity index (χ0n) is 8.50. The third-order valence-corrected chi connectivity index (χ3v) is 2.45. The molecule has 0 saturated carbocycles. The number of ether oxygens (including phenoxy) is 1. The van der Waals surface area contributed by atoms with E-state index in [1.807, 2.05) is 0 Å². The van der Waals surface area contributed by atoms with E-state index in [2.05, 4.69) is 10.1 Å². The average molecular weight is 263 g/mol. The monoisotopic (exact) mass is 262 g/mol. The Kier molecular flexibility index (Phi) is 5.38. The molecule has 0 unspecified atom stereocenters. The number of primary amides is 1. The van der Waals surface area contributed by atoms with Gasteiger partial charge in [0.2, 0.25) is 0 Å². The number of rotatable bonds is 5. The van der Waals surface area contributed by atoms with Gasteiger partial charge in [0, 0.05) is 23.1 Å². The van der Waals surface area contributed by atoms with Gasteiger partial charge < -0.3 is 15.8 Å². The van der Waals surface area contributed by atoms with Crippen LogP contribution in [0.5, 0.6) is 0 Å². The molecule has 0 aliphatic rings. The standard InChI is InChI=1S/C10H12Cl2N2O2/c11-8-1-2-9(12)7(5-8)6-14-3-4-16-10(13)15/h1-2,5,14H,3-4,6H2,(H2,13,15). The second-order valence-corrected chi connectivity index (χ2v) is 3.92. The van der Waals surface area contributed by atoms with Crippen molar-refractivity contribution in [1.29, 1.82) is 0 Å². The minimum absolute atomic E-state index is 0.230. The van der Waals surface area contributed by atoms with Crippen LogP contribution in [-0.4, -0.2) is 19.2 Å². The van der Waals surface area contributed by atoms with E-state index >= 15 is 0 Å². The summed E-state index contributed by atoms with van der Waals surface area (Å²) < 4.78 is 4.55. The highest BCUT2D eigenvalue weighted by Crippen LogP contribution is 2.20. The van der Waals surface area contributed by atoms with E-state index in [9.17, 15) is 4.79 Å². The summed E-state index contributed by atoms with van der Waals surface area (Å²) in [6.45, 7) is 1.29. The number of benzene rings is 1. The van der Waals surface area contributed by atoms with Crippen molar-refractivity contribution in [3.8, 4) is 0 Å². The van der Waals surface area contributed by atoms with Gasteiger partial charge in [-0.1, -0.05) is 23.2 Å². The molecule has 88 valence electrons. The van der Waals surface area contributed by atoms with E-state index in [4.69, 9.17) is 28.9 Å². The van der Waals surface area contributed by atoms with E-state index in [0.717, 1.165) is 5.56 Å². The van der Waals surface area contributed by atoms with Crippen molar-refractivity contribution >= 4 is 29.3 Å². The van der Waals surface area contributed by atoms with Gasteiger partial charge in [0.1, 0.15) is 6.61 Å². The zero-order chi connectivity index (χ0) is 12.0. The highest BCUT2D eigenvalue weighted by Gasteiger charge is 2.01. The van der Waals surface area contributed by atoms with Gasteiger partial charge in [-0.25, -0.2) is 4.79 Å². The molecule has 0 atom stereocenters. The van der Waals surface area contributed by atoms with Crippen LogP contribution in [0.4, 0.5) is 4.79 Å². The normalized spacial score (nSPS) is 10.1. The van der Waals surface area contributed by atoms with Crippen LogP contribution in [0.3, 0.4) is 0 Å². The number of carbonyl (C=O) groups is 1. The first-order chi connectivity index (χ1) is 7.59. The fraction of sp³-hybridized carbons (Fsp3) is 0.300. The molecule has 0 saturated heterocycles. The molecule has 0 fully saturated rings. The van der Waals surface area contributed by atoms with Crippen molar-refractivity contribution in [3.05, 3.63) is 33.8 Å². The van der Waals surface area contributed by atoms with E-state index in [1.165, 1.54) is 0 Å². The van der Waals surface area contributed by atoms with Gasteiger partial charge in [-0.2, -0.15) is 0 Å². The number of amides is 1. The molecule has 16 heavy (non-hydrogen) atoms. The number of nitrogens with one attached hydrogen (secondary N) is 1. The highest BCUT2D eigenvalue weighted by atomic mass is 35.5. The number of carbonyl (C=O) groups excluding carboxylic acids is 1. The molecule has 0 radical (unpaired) electrons. The molecule has 0 spiro atoms. The van der Waals surface area contributed by atoms with Crippen LogP contribution in [0.15, 0.2) is 18.2 Å². The molecule has 1 aromatic carbocycles. The lowest BCUT2D eigenvalue weighted by Gasteiger charge is -2.07. The largest absolute Gasteiger partial charge is 0.448 e. The Morgan fingerprint density at radius 3 is 2.88 bits per heavy atom. The quantitative estimate of drug-likeness (QED) is 0.800. The van der Waals surface area contributed by atoms with Crippen molar-refractivity contribution in [3.63, 3.8) is 0 Å². The van der Waals surface area contributed by atoms with Crippen LogP contribution in [-0.2, 0) is 11.3 Å². The first-order valence-electron chi connectivity index (χ1n) is 4.66. The first kappa shape index (κ1) is 13.1. The van der Waals surface area contributed by atoms with Crippen LogP contribution in [0.25, 0.3) is 0 Å². The Bertz CT molecular complexity index is 372. The predicted molar refractivity (Wildman–Crippen MR) is 63.7 cm³/mol. The second-order valence-electron chi connectivity index (χ2n) is 3.08. The van der Waals surface area contributed by atoms with Crippen LogP contribution in [0.2, 0.25) is 10.0 Å². The Morgan fingerprint density at radius 1 is 1.44 bits per heavy atom. The average Bonchev–Trinajstić information content (AvgIpc) is 2.22. The van der Waals surface area contributed by atoms with E-state index < -0.39 is 6.09 Å². The molecule has 0 bridgehead atoms. The topological polar surface area (TPSA) is 64.4 Å². The molecule has 0 aromatic heterocycles. The minimum Gasteiger partial charge on any atom is -0.448 e. The number of nitrogens with two attached hydrogens (primary N) is 1. The molecular weight excluding hydrogens is 251 g/mol. The van der Waals surface area contributed by atoms with Crippen molar-refractivity contribution in [1.82, 2.24) is 5.32 Å². The summed E-state index contributed by atoms with van der Waals surface area (Å²) in [7, 11) is 0. The molecule has 1 aromatic rings. The molecular formula is C10H12Cl2N2O2. The molecule has 0 aliphatic heterocycles.